The second kappa shape index (κ2) is 7.47. The molecular weight excluding hydrogens is 286 g/mol. The Morgan fingerprint density at radius 1 is 1.35 bits per heavy atom. The predicted octanol–water partition coefficient (Wildman–Crippen LogP) is 4.41. The molecule has 0 radical (unpaired) electrons. The SMILES string of the molecule is CCCCC(O)c1cc2c(c(Nc3ccccn3)c1)NCCC2. The number of aliphatic hydroxyl groups is 1. The Balaban J connectivity index is 1.92. The van der Waals surface area contributed by atoms with Gasteiger partial charge in [0, 0.05) is 12.7 Å². The molecule has 2 aromatic rings. The Labute approximate surface area is 138 Å². The van der Waals surface area contributed by atoms with Gasteiger partial charge in [0.1, 0.15) is 5.82 Å². The van der Waals surface area contributed by atoms with Crippen LogP contribution >= 0.6 is 0 Å². The normalized spacial score (nSPS) is 14.7. The summed E-state index contributed by atoms with van der Waals surface area (Å²) in [6.07, 6.45) is 6.51. The fourth-order valence-corrected chi connectivity index (χ4v) is 3.05. The van der Waals surface area contributed by atoms with Crippen molar-refractivity contribution in [1.82, 2.24) is 4.98 Å². The Morgan fingerprint density at radius 2 is 2.26 bits per heavy atom. The molecule has 1 aliphatic heterocycles. The average molecular weight is 311 g/mol. The third-order valence-electron chi connectivity index (χ3n) is 4.31. The van der Waals surface area contributed by atoms with Crippen LogP contribution in [0.2, 0.25) is 0 Å². The molecule has 1 atom stereocenters. The maximum atomic E-state index is 10.5. The van der Waals surface area contributed by atoms with Crippen molar-refractivity contribution in [3.05, 3.63) is 47.7 Å². The summed E-state index contributed by atoms with van der Waals surface area (Å²) in [6, 6.07) is 10.0. The Bertz CT molecular complexity index is 643. The van der Waals surface area contributed by atoms with Gasteiger partial charge < -0.3 is 15.7 Å². The van der Waals surface area contributed by atoms with Crippen molar-refractivity contribution >= 4 is 17.2 Å². The molecule has 122 valence electrons. The fourth-order valence-electron chi connectivity index (χ4n) is 3.05. The Kier molecular flexibility index (Phi) is 5.13. The van der Waals surface area contributed by atoms with Crippen molar-refractivity contribution in [3.8, 4) is 0 Å². The number of pyridine rings is 1. The summed E-state index contributed by atoms with van der Waals surface area (Å²) < 4.78 is 0. The Morgan fingerprint density at radius 3 is 3.04 bits per heavy atom. The first kappa shape index (κ1) is 15.8. The molecule has 0 bridgehead atoms. The number of anilines is 3. The number of aliphatic hydroxyl groups excluding tert-OH is 1. The van der Waals surface area contributed by atoms with E-state index < -0.39 is 6.10 Å². The first-order valence-electron chi connectivity index (χ1n) is 8.54. The molecule has 1 aromatic heterocycles. The minimum absolute atomic E-state index is 0.397. The van der Waals surface area contributed by atoms with Crippen LogP contribution < -0.4 is 10.6 Å². The summed E-state index contributed by atoms with van der Waals surface area (Å²) in [6.45, 7) is 3.14. The number of benzene rings is 1. The van der Waals surface area contributed by atoms with Crippen LogP contribution in [0.25, 0.3) is 0 Å². The van der Waals surface area contributed by atoms with E-state index in [9.17, 15) is 5.11 Å². The van der Waals surface area contributed by atoms with Crippen LogP contribution in [0.15, 0.2) is 36.5 Å². The third-order valence-corrected chi connectivity index (χ3v) is 4.31. The highest BCUT2D eigenvalue weighted by Crippen LogP contribution is 2.36. The number of unbranched alkanes of at least 4 members (excludes halogenated alkanes) is 1. The standard InChI is InChI=1S/C19H25N3O/c1-2-3-8-17(23)15-12-14-7-6-11-21-19(14)16(13-15)22-18-9-4-5-10-20-18/h4-5,9-10,12-13,17,21,23H,2-3,6-8,11H2,1H3,(H,20,22). The van der Waals surface area contributed by atoms with Crippen LogP contribution in [0.3, 0.4) is 0 Å². The highest BCUT2D eigenvalue weighted by molar-refractivity contribution is 5.78. The monoisotopic (exact) mass is 311 g/mol. The average Bonchev–Trinajstić information content (AvgIpc) is 2.60. The number of nitrogens with zero attached hydrogens (tertiary/aromatic N) is 1. The van der Waals surface area contributed by atoms with Crippen molar-refractivity contribution in [2.45, 2.75) is 45.1 Å². The fraction of sp³-hybridized carbons (Fsp3) is 0.421. The van der Waals surface area contributed by atoms with Gasteiger partial charge in [0.15, 0.2) is 0 Å². The van der Waals surface area contributed by atoms with Gasteiger partial charge in [0.2, 0.25) is 0 Å². The number of hydrogen-bond donors (Lipinski definition) is 3. The van der Waals surface area contributed by atoms with Gasteiger partial charge in [-0.15, -0.1) is 0 Å². The van der Waals surface area contributed by atoms with Crippen molar-refractivity contribution in [1.29, 1.82) is 0 Å². The zero-order valence-corrected chi connectivity index (χ0v) is 13.7. The van der Waals surface area contributed by atoms with Gasteiger partial charge in [-0.25, -0.2) is 4.98 Å². The molecule has 0 fully saturated rings. The van der Waals surface area contributed by atoms with Gasteiger partial charge >= 0.3 is 0 Å². The largest absolute Gasteiger partial charge is 0.388 e. The van der Waals surface area contributed by atoms with Crippen LogP contribution in [0.1, 0.15) is 49.8 Å². The highest BCUT2D eigenvalue weighted by Gasteiger charge is 2.18. The van der Waals surface area contributed by atoms with E-state index in [0.717, 1.165) is 61.4 Å². The summed E-state index contributed by atoms with van der Waals surface area (Å²) in [5.41, 5.74) is 4.43. The summed E-state index contributed by atoms with van der Waals surface area (Å²) in [5, 5.41) is 17.4. The molecule has 4 nitrogen and oxygen atoms in total. The van der Waals surface area contributed by atoms with Gasteiger partial charge in [0.05, 0.1) is 17.5 Å². The van der Waals surface area contributed by atoms with Crippen LogP contribution in [-0.4, -0.2) is 16.6 Å². The summed E-state index contributed by atoms with van der Waals surface area (Å²) in [5.74, 6) is 0.822. The molecule has 4 heteroatoms. The van der Waals surface area contributed by atoms with E-state index in [-0.39, 0.29) is 0 Å². The lowest BCUT2D eigenvalue weighted by Crippen LogP contribution is -2.15. The molecule has 0 amide bonds. The van der Waals surface area contributed by atoms with E-state index in [4.69, 9.17) is 0 Å². The van der Waals surface area contributed by atoms with Crippen molar-refractivity contribution in [2.75, 3.05) is 17.2 Å². The maximum Gasteiger partial charge on any atom is 0.130 e. The topological polar surface area (TPSA) is 57.2 Å². The van der Waals surface area contributed by atoms with E-state index in [2.05, 4.69) is 34.7 Å². The van der Waals surface area contributed by atoms with E-state index >= 15 is 0 Å². The van der Waals surface area contributed by atoms with Crippen molar-refractivity contribution in [2.24, 2.45) is 0 Å². The molecule has 1 unspecified atom stereocenters. The molecule has 1 aliphatic rings. The maximum absolute atomic E-state index is 10.5. The molecule has 0 spiro atoms. The minimum atomic E-state index is -0.397. The Hall–Kier alpha value is -2.07. The van der Waals surface area contributed by atoms with Crippen LogP contribution in [0.5, 0.6) is 0 Å². The number of hydrogen-bond acceptors (Lipinski definition) is 4. The molecule has 2 heterocycles. The lowest BCUT2D eigenvalue weighted by atomic mass is 9.95. The zero-order valence-electron chi connectivity index (χ0n) is 13.7. The molecule has 0 saturated heterocycles. The minimum Gasteiger partial charge on any atom is -0.388 e. The van der Waals surface area contributed by atoms with Gasteiger partial charge in [-0.05, 0) is 48.6 Å². The highest BCUT2D eigenvalue weighted by atomic mass is 16.3. The van der Waals surface area contributed by atoms with E-state index in [1.54, 1.807) is 6.20 Å². The summed E-state index contributed by atoms with van der Waals surface area (Å²) >= 11 is 0. The van der Waals surface area contributed by atoms with Gasteiger partial charge in [-0.2, -0.15) is 0 Å². The van der Waals surface area contributed by atoms with Crippen molar-refractivity contribution < 1.29 is 5.11 Å². The number of aryl methyl sites for hydroxylation is 1. The lowest BCUT2D eigenvalue weighted by molar-refractivity contribution is 0.164. The quantitative estimate of drug-likeness (QED) is 0.740. The van der Waals surface area contributed by atoms with Gasteiger partial charge in [-0.3, -0.25) is 0 Å². The number of nitrogens with one attached hydrogen (secondary N) is 2. The van der Waals surface area contributed by atoms with E-state index in [1.165, 1.54) is 5.56 Å². The summed E-state index contributed by atoms with van der Waals surface area (Å²) in [7, 11) is 0. The van der Waals surface area contributed by atoms with Crippen molar-refractivity contribution in [3.63, 3.8) is 0 Å². The first-order chi connectivity index (χ1) is 11.3. The number of fused-ring (bicyclic) bond motifs is 1. The molecule has 1 aromatic carbocycles. The van der Waals surface area contributed by atoms with Crippen LogP contribution in [0.4, 0.5) is 17.2 Å². The van der Waals surface area contributed by atoms with Gasteiger partial charge in [-0.1, -0.05) is 31.9 Å². The van der Waals surface area contributed by atoms with Crippen LogP contribution in [-0.2, 0) is 6.42 Å². The van der Waals surface area contributed by atoms with E-state index in [1.807, 2.05) is 18.2 Å². The number of aromatic nitrogens is 1. The molecule has 3 N–H and O–H groups in total. The number of rotatable bonds is 6. The predicted molar refractivity (Wildman–Crippen MR) is 95.3 cm³/mol. The van der Waals surface area contributed by atoms with Gasteiger partial charge in [0.25, 0.3) is 0 Å². The molecule has 0 saturated carbocycles. The second-order valence-electron chi connectivity index (χ2n) is 6.13. The summed E-state index contributed by atoms with van der Waals surface area (Å²) in [4.78, 5) is 4.35. The zero-order chi connectivity index (χ0) is 16.1. The first-order valence-corrected chi connectivity index (χ1v) is 8.54. The smallest absolute Gasteiger partial charge is 0.130 e. The molecular formula is C19H25N3O. The third kappa shape index (κ3) is 3.82. The van der Waals surface area contributed by atoms with E-state index in [0.29, 0.717) is 0 Å². The van der Waals surface area contributed by atoms with Crippen LogP contribution in [0, 0.1) is 0 Å². The second-order valence-corrected chi connectivity index (χ2v) is 6.13. The molecule has 3 rings (SSSR count). The molecule has 0 aliphatic carbocycles. The lowest BCUT2D eigenvalue weighted by Gasteiger charge is -2.24. The molecule has 23 heavy (non-hydrogen) atoms.